The fourth-order valence-electron chi connectivity index (χ4n) is 2.64. The highest BCUT2D eigenvalue weighted by Gasteiger charge is 2.42. The number of carboxylic acid groups (broad SMARTS) is 1. The van der Waals surface area contributed by atoms with Crippen LogP contribution in [0.4, 0.5) is 4.79 Å². The Morgan fingerprint density at radius 1 is 1.26 bits per heavy atom. The van der Waals surface area contributed by atoms with Crippen LogP contribution in [0.5, 0.6) is 0 Å². The van der Waals surface area contributed by atoms with E-state index in [0.717, 1.165) is 0 Å². The number of nitrogens with zero attached hydrogens (tertiary/aromatic N) is 1. The molecular weight excluding hydrogens is 341 g/mol. The predicted molar refractivity (Wildman–Crippen MR) is 88.1 cm³/mol. The van der Waals surface area contributed by atoms with Gasteiger partial charge in [-0.2, -0.15) is 0 Å². The zero-order valence-electron chi connectivity index (χ0n) is 13.2. The highest BCUT2D eigenvalue weighted by atomic mass is 35.5. The van der Waals surface area contributed by atoms with Gasteiger partial charge in [0.1, 0.15) is 5.60 Å². The van der Waals surface area contributed by atoms with E-state index in [9.17, 15) is 14.7 Å². The highest BCUT2D eigenvalue weighted by molar-refractivity contribution is 6.33. The van der Waals surface area contributed by atoms with Gasteiger partial charge < -0.3 is 14.7 Å². The van der Waals surface area contributed by atoms with Crippen molar-refractivity contribution in [3.8, 4) is 0 Å². The van der Waals surface area contributed by atoms with E-state index in [4.69, 9.17) is 27.9 Å². The number of carbonyl (C=O) groups excluding carboxylic acids is 1. The summed E-state index contributed by atoms with van der Waals surface area (Å²) in [6.07, 6.45) is -0.524. The maximum Gasteiger partial charge on any atom is 0.410 e. The van der Waals surface area contributed by atoms with Crippen molar-refractivity contribution in [1.82, 2.24) is 4.90 Å². The molecule has 2 atom stereocenters. The molecule has 1 saturated heterocycles. The third-order valence-electron chi connectivity index (χ3n) is 3.65. The smallest absolute Gasteiger partial charge is 0.410 e. The Morgan fingerprint density at radius 2 is 1.91 bits per heavy atom. The molecule has 0 saturated carbocycles. The molecule has 5 nitrogen and oxygen atoms in total. The van der Waals surface area contributed by atoms with Gasteiger partial charge >= 0.3 is 12.1 Å². The molecule has 0 aliphatic carbocycles. The number of ether oxygens (including phenoxy) is 1. The molecule has 0 radical (unpaired) electrons. The average Bonchev–Trinajstić information content (AvgIpc) is 2.85. The average molecular weight is 360 g/mol. The molecule has 0 bridgehead atoms. The van der Waals surface area contributed by atoms with Gasteiger partial charge in [-0.3, -0.25) is 4.79 Å². The standard InChI is InChI=1S/C16H19Cl2NO4/c1-16(2,3)23-15(22)19-7-11(12(8-19)14(20)21)10-6-9(17)4-5-13(10)18/h4-6,11-12H,7-8H2,1-3H3,(H,20,21)/t11-,12+/m1/s1. The Morgan fingerprint density at radius 3 is 2.48 bits per heavy atom. The number of likely N-dealkylation sites (tertiary alicyclic amines) is 1. The van der Waals surface area contributed by atoms with Gasteiger partial charge in [-0.1, -0.05) is 23.2 Å². The predicted octanol–water partition coefficient (Wildman–Crippen LogP) is 4.03. The van der Waals surface area contributed by atoms with Crippen LogP contribution in [-0.2, 0) is 9.53 Å². The normalized spacial score (nSPS) is 21.3. The zero-order chi connectivity index (χ0) is 17.4. The Kier molecular flexibility index (Phi) is 5.11. The molecule has 1 amide bonds. The fraction of sp³-hybridized carbons (Fsp3) is 0.500. The van der Waals surface area contributed by atoms with Gasteiger partial charge in [0.2, 0.25) is 0 Å². The van der Waals surface area contributed by atoms with Crippen molar-refractivity contribution in [1.29, 1.82) is 0 Å². The van der Waals surface area contributed by atoms with Gasteiger partial charge in [0.05, 0.1) is 5.92 Å². The Bertz CT molecular complexity index is 627. The molecule has 126 valence electrons. The summed E-state index contributed by atoms with van der Waals surface area (Å²) < 4.78 is 5.32. The van der Waals surface area contributed by atoms with Crippen LogP contribution in [0, 0.1) is 5.92 Å². The second kappa shape index (κ2) is 6.57. The number of hydrogen-bond donors (Lipinski definition) is 1. The summed E-state index contributed by atoms with van der Waals surface area (Å²) in [6.45, 7) is 5.60. The molecule has 2 rings (SSSR count). The molecule has 1 aromatic carbocycles. The first-order chi connectivity index (χ1) is 10.6. The lowest BCUT2D eigenvalue weighted by Crippen LogP contribution is -2.35. The van der Waals surface area contributed by atoms with Crippen molar-refractivity contribution >= 4 is 35.3 Å². The third kappa shape index (κ3) is 4.30. The molecule has 7 heteroatoms. The first-order valence-electron chi connectivity index (χ1n) is 7.24. The first kappa shape index (κ1) is 17.9. The zero-order valence-corrected chi connectivity index (χ0v) is 14.7. The van der Waals surface area contributed by atoms with Crippen molar-refractivity contribution in [2.75, 3.05) is 13.1 Å². The number of carboxylic acids is 1. The van der Waals surface area contributed by atoms with E-state index in [1.54, 1.807) is 39.0 Å². The van der Waals surface area contributed by atoms with Gasteiger partial charge in [-0.15, -0.1) is 0 Å². The highest BCUT2D eigenvalue weighted by Crippen LogP contribution is 2.38. The summed E-state index contributed by atoms with van der Waals surface area (Å²) >= 11 is 12.2. The van der Waals surface area contributed by atoms with E-state index < -0.39 is 29.5 Å². The van der Waals surface area contributed by atoms with Gasteiger partial charge in [0.25, 0.3) is 0 Å². The van der Waals surface area contributed by atoms with Gasteiger partial charge in [0, 0.05) is 29.1 Å². The number of rotatable bonds is 2. The van der Waals surface area contributed by atoms with E-state index in [1.165, 1.54) is 4.90 Å². The van der Waals surface area contributed by atoms with Crippen LogP contribution in [0.1, 0.15) is 32.3 Å². The molecule has 1 N–H and O–H groups in total. The number of halogens is 2. The molecule has 23 heavy (non-hydrogen) atoms. The molecule has 1 aliphatic heterocycles. The van der Waals surface area contributed by atoms with Crippen LogP contribution in [-0.4, -0.2) is 40.8 Å². The lowest BCUT2D eigenvalue weighted by molar-refractivity contribution is -0.141. The minimum absolute atomic E-state index is 0.0811. The third-order valence-corrected chi connectivity index (χ3v) is 4.23. The Balaban J connectivity index is 2.27. The van der Waals surface area contributed by atoms with Crippen LogP contribution in [0.15, 0.2) is 18.2 Å². The molecule has 1 aromatic rings. The molecule has 0 aromatic heterocycles. The topological polar surface area (TPSA) is 66.8 Å². The number of amides is 1. The van der Waals surface area contributed by atoms with Crippen LogP contribution < -0.4 is 0 Å². The second-order valence-electron chi connectivity index (χ2n) is 6.60. The van der Waals surface area contributed by atoms with Crippen molar-refractivity contribution < 1.29 is 19.4 Å². The second-order valence-corrected chi connectivity index (χ2v) is 7.45. The molecule has 1 aliphatic rings. The quantitative estimate of drug-likeness (QED) is 0.865. The summed E-state index contributed by atoms with van der Waals surface area (Å²) in [5, 5.41) is 10.4. The maximum absolute atomic E-state index is 12.2. The lowest BCUT2D eigenvalue weighted by atomic mass is 9.89. The number of aliphatic carboxylic acids is 1. The van der Waals surface area contributed by atoms with Crippen LogP contribution in [0.2, 0.25) is 10.0 Å². The SMILES string of the molecule is CC(C)(C)OC(=O)N1C[C@H](C(=O)O)[C@@H](c2cc(Cl)ccc2Cl)C1. The van der Waals surface area contributed by atoms with Crippen molar-refractivity contribution in [3.63, 3.8) is 0 Å². The van der Waals surface area contributed by atoms with Crippen LogP contribution in [0.25, 0.3) is 0 Å². The van der Waals surface area contributed by atoms with Crippen molar-refractivity contribution in [2.24, 2.45) is 5.92 Å². The largest absolute Gasteiger partial charge is 0.481 e. The minimum Gasteiger partial charge on any atom is -0.481 e. The summed E-state index contributed by atoms with van der Waals surface area (Å²) in [5.74, 6) is -2.15. The number of benzene rings is 1. The van der Waals surface area contributed by atoms with Gasteiger partial charge in [-0.25, -0.2) is 4.79 Å². The Labute approximate surface area is 145 Å². The summed E-state index contributed by atoms with van der Waals surface area (Å²) in [6, 6.07) is 4.93. The monoisotopic (exact) mass is 359 g/mol. The van der Waals surface area contributed by atoms with Crippen molar-refractivity contribution in [3.05, 3.63) is 33.8 Å². The maximum atomic E-state index is 12.2. The molecule has 0 unspecified atom stereocenters. The molecule has 0 spiro atoms. The minimum atomic E-state index is -0.975. The van der Waals surface area contributed by atoms with E-state index >= 15 is 0 Å². The summed E-state index contributed by atoms with van der Waals surface area (Å²) in [4.78, 5) is 25.2. The van der Waals surface area contributed by atoms with Crippen LogP contribution in [0.3, 0.4) is 0 Å². The number of hydrogen-bond acceptors (Lipinski definition) is 3. The van der Waals surface area contributed by atoms with Crippen molar-refractivity contribution in [2.45, 2.75) is 32.3 Å². The van der Waals surface area contributed by atoms with E-state index in [2.05, 4.69) is 0 Å². The molecule has 1 heterocycles. The van der Waals surface area contributed by atoms with Gasteiger partial charge in [-0.05, 0) is 44.5 Å². The summed E-state index contributed by atoms with van der Waals surface area (Å²) in [7, 11) is 0. The molecule has 1 fully saturated rings. The fourth-order valence-corrected chi connectivity index (χ4v) is 3.08. The lowest BCUT2D eigenvalue weighted by Gasteiger charge is -2.24. The number of carbonyl (C=O) groups is 2. The van der Waals surface area contributed by atoms with Crippen LogP contribution >= 0.6 is 23.2 Å². The van der Waals surface area contributed by atoms with E-state index in [1.807, 2.05) is 0 Å². The Hall–Kier alpha value is -1.46. The summed E-state index contributed by atoms with van der Waals surface area (Å²) in [5.41, 5.74) is -0.000621. The van der Waals surface area contributed by atoms with Gasteiger partial charge in [0.15, 0.2) is 0 Å². The van der Waals surface area contributed by atoms with E-state index in [0.29, 0.717) is 15.6 Å². The first-order valence-corrected chi connectivity index (χ1v) is 8.00. The molecular formula is C16H19Cl2NO4. The van der Waals surface area contributed by atoms with E-state index in [-0.39, 0.29) is 13.1 Å².